The molecule has 0 radical (unpaired) electrons. The summed E-state index contributed by atoms with van der Waals surface area (Å²) in [6, 6.07) is 19.2. The minimum atomic E-state index is -3.77. The molecule has 0 aromatic heterocycles. The number of rotatable bonds is 7. The maximum atomic E-state index is 12.7. The van der Waals surface area contributed by atoms with Crippen LogP contribution in [0.3, 0.4) is 0 Å². The van der Waals surface area contributed by atoms with E-state index in [0.29, 0.717) is 22.6 Å². The van der Waals surface area contributed by atoms with Crippen molar-refractivity contribution in [2.75, 3.05) is 6.79 Å². The van der Waals surface area contributed by atoms with Crippen molar-refractivity contribution in [3.8, 4) is 11.5 Å². The summed E-state index contributed by atoms with van der Waals surface area (Å²) in [7, 11) is -3.77. The molecule has 1 aliphatic rings. The van der Waals surface area contributed by atoms with Crippen LogP contribution in [0.5, 0.6) is 11.5 Å². The van der Waals surface area contributed by atoms with E-state index in [9.17, 15) is 13.2 Å². The van der Waals surface area contributed by atoms with Gasteiger partial charge in [-0.15, -0.1) is 0 Å². The van der Waals surface area contributed by atoms with E-state index < -0.39 is 10.0 Å². The lowest BCUT2D eigenvalue weighted by atomic mass is 10.1. The van der Waals surface area contributed by atoms with Crippen molar-refractivity contribution < 1.29 is 22.7 Å². The molecule has 0 saturated carbocycles. The van der Waals surface area contributed by atoms with Crippen LogP contribution < -0.4 is 19.5 Å². The van der Waals surface area contributed by atoms with Crippen molar-refractivity contribution in [3.63, 3.8) is 0 Å². The van der Waals surface area contributed by atoms with Crippen molar-refractivity contribution in [2.24, 2.45) is 0 Å². The molecule has 3 aromatic rings. The average molecular weight is 439 g/mol. The van der Waals surface area contributed by atoms with E-state index in [1.165, 1.54) is 12.1 Å². The van der Waals surface area contributed by atoms with Crippen LogP contribution in [0.25, 0.3) is 0 Å². The summed E-state index contributed by atoms with van der Waals surface area (Å²) in [6.45, 7) is 2.40. The number of sulfonamides is 1. The van der Waals surface area contributed by atoms with Gasteiger partial charge >= 0.3 is 0 Å². The first kappa shape index (κ1) is 20.9. The Morgan fingerprint density at radius 2 is 1.68 bits per heavy atom. The smallest absolute Gasteiger partial charge is 0.251 e. The maximum Gasteiger partial charge on any atom is 0.251 e. The van der Waals surface area contributed by atoms with Crippen molar-refractivity contribution in [1.29, 1.82) is 0 Å². The normalized spacial score (nSPS) is 12.5. The molecular weight excluding hydrogens is 416 g/mol. The van der Waals surface area contributed by atoms with E-state index in [2.05, 4.69) is 10.0 Å². The third-order valence-corrected chi connectivity index (χ3v) is 6.36. The Hall–Kier alpha value is -3.36. The van der Waals surface area contributed by atoms with Crippen molar-refractivity contribution >= 4 is 15.9 Å². The molecule has 8 heteroatoms. The number of hydrogen-bond donors (Lipinski definition) is 2. The predicted octanol–water partition coefficient (Wildman–Crippen LogP) is 3.13. The monoisotopic (exact) mass is 438 g/mol. The molecule has 7 nitrogen and oxygen atoms in total. The van der Waals surface area contributed by atoms with Crippen LogP contribution in [-0.2, 0) is 23.1 Å². The first-order valence-electron chi connectivity index (χ1n) is 9.73. The van der Waals surface area contributed by atoms with E-state index in [-0.39, 0.29) is 30.7 Å². The zero-order valence-electron chi connectivity index (χ0n) is 16.9. The number of benzene rings is 3. The quantitative estimate of drug-likeness (QED) is 0.591. The molecular formula is C23H22N2O5S. The minimum absolute atomic E-state index is 0.0438. The van der Waals surface area contributed by atoms with Crippen LogP contribution in [0.1, 0.15) is 27.0 Å². The Bertz CT molecular complexity index is 1210. The van der Waals surface area contributed by atoms with Crippen LogP contribution in [0.15, 0.2) is 71.6 Å². The number of nitrogens with one attached hydrogen (secondary N) is 2. The summed E-state index contributed by atoms with van der Waals surface area (Å²) >= 11 is 0. The van der Waals surface area contributed by atoms with Gasteiger partial charge in [-0.1, -0.05) is 42.5 Å². The molecule has 1 heterocycles. The maximum absolute atomic E-state index is 12.7. The number of hydrogen-bond acceptors (Lipinski definition) is 5. The standard InChI is InChI=1S/C23H22N2O5S/c1-16-7-9-19(31(27,28)25-14-17-5-3-2-4-6-17)12-20(16)23(26)24-13-18-8-10-21-22(11-18)30-15-29-21/h2-12,25H,13-15H2,1H3,(H,24,26). The van der Waals surface area contributed by atoms with E-state index in [0.717, 1.165) is 11.1 Å². The highest BCUT2D eigenvalue weighted by Crippen LogP contribution is 2.32. The highest BCUT2D eigenvalue weighted by Gasteiger charge is 2.18. The number of carbonyl (C=O) groups is 1. The predicted molar refractivity (Wildman–Crippen MR) is 115 cm³/mol. The first-order chi connectivity index (χ1) is 14.9. The molecule has 1 aliphatic heterocycles. The first-order valence-corrected chi connectivity index (χ1v) is 11.2. The molecule has 0 fully saturated rings. The Morgan fingerprint density at radius 3 is 2.48 bits per heavy atom. The summed E-state index contributed by atoms with van der Waals surface area (Å²) in [5, 5.41) is 2.83. The molecule has 4 rings (SSSR count). The van der Waals surface area contributed by atoms with Crippen molar-refractivity contribution in [1.82, 2.24) is 10.0 Å². The largest absolute Gasteiger partial charge is 0.454 e. The average Bonchev–Trinajstić information content (AvgIpc) is 3.25. The number of ether oxygens (including phenoxy) is 2. The van der Waals surface area contributed by atoms with Gasteiger partial charge in [-0.2, -0.15) is 0 Å². The molecule has 1 amide bonds. The van der Waals surface area contributed by atoms with E-state index >= 15 is 0 Å². The second-order valence-corrected chi connectivity index (χ2v) is 8.92. The number of fused-ring (bicyclic) bond motifs is 1. The third-order valence-electron chi connectivity index (χ3n) is 4.96. The molecule has 0 unspecified atom stereocenters. The molecule has 2 N–H and O–H groups in total. The van der Waals surface area contributed by atoms with E-state index in [1.807, 2.05) is 42.5 Å². The highest BCUT2D eigenvalue weighted by molar-refractivity contribution is 7.89. The zero-order valence-corrected chi connectivity index (χ0v) is 17.7. The fraction of sp³-hybridized carbons (Fsp3) is 0.174. The Morgan fingerprint density at radius 1 is 0.903 bits per heavy atom. The zero-order chi connectivity index (χ0) is 21.8. The molecule has 0 spiro atoms. The summed E-state index contributed by atoms with van der Waals surface area (Å²) < 4.78 is 38.6. The molecule has 0 bridgehead atoms. The fourth-order valence-corrected chi connectivity index (χ4v) is 4.24. The van der Waals surface area contributed by atoms with Crippen molar-refractivity contribution in [3.05, 3.63) is 89.0 Å². The second kappa shape index (κ2) is 8.79. The van der Waals surface area contributed by atoms with Crippen LogP contribution in [0.2, 0.25) is 0 Å². The molecule has 3 aromatic carbocycles. The van der Waals surface area contributed by atoms with E-state index in [4.69, 9.17) is 9.47 Å². The Labute approximate surface area is 181 Å². The number of carbonyl (C=O) groups excluding carboxylic acids is 1. The SMILES string of the molecule is Cc1ccc(S(=O)(=O)NCc2ccccc2)cc1C(=O)NCc1ccc2c(c1)OCO2. The molecule has 31 heavy (non-hydrogen) atoms. The Kier molecular flexibility index (Phi) is 5.92. The number of aryl methyl sites for hydroxylation is 1. The Balaban J connectivity index is 1.45. The second-order valence-electron chi connectivity index (χ2n) is 7.16. The van der Waals surface area contributed by atoms with Gasteiger partial charge in [-0.25, -0.2) is 13.1 Å². The summed E-state index contributed by atoms with van der Waals surface area (Å²) in [4.78, 5) is 12.8. The van der Waals surface area contributed by atoms with Crippen LogP contribution in [-0.4, -0.2) is 21.1 Å². The van der Waals surface area contributed by atoms with Gasteiger partial charge in [-0.05, 0) is 47.9 Å². The molecule has 0 atom stereocenters. The third kappa shape index (κ3) is 4.87. The van der Waals surface area contributed by atoms with Crippen LogP contribution >= 0.6 is 0 Å². The van der Waals surface area contributed by atoms with Crippen LogP contribution in [0.4, 0.5) is 0 Å². The lowest BCUT2D eigenvalue weighted by molar-refractivity contribution is 0.0950. The van der Waals surface area contributed by atoms with Gasteiger partial charge in [0.2, 0.25) is 16.8 Å². The highest BCUT2D eigenvalue weighted by atomic mass is 32.2. The van der Waals surface area contributed by atoms with Gasteiger partial charge in [0, 0.05) is 18.7 Å². The summed E-state index contributed by atoms with van der Waals surface area (Å²) in [6.07, 6.45) is 0. The van der Waals surface area contributed by atoms with Crippen LogP contribution in [0, 0.1) is 6.92 Å². The summed E-state index contributed by atoms with van der Waals surface area (Å²) in [5.41, 5.74) is 2.69. The van der Waals surface area contributed by atoms with E-state index in [1.54, 1.807) is 19.1 Å². The number of amides is 1. The van der Waals surface area contributed by atoms with Gasteiger partial charge in [0.15, 0.2) is 11.5 Å². The lowest BCUT2D eigenvalue weighted by Gasteiger charge is -2.12. The lowest BCUT2D eigenvalue weighted by Crippen LogP contribution is -2.26. The van der Waals surface area contributed by atoms with Gasteiger partial charge in [-0.3, -0.25) is 4.79 Å². The van der Waals surface area contributed by atoms with Crippen molar-refractivity contribution in [2.45, 2.75) is 24.9 Å². The molecule has 0 saturated heterocycles. The fourth-order valence-electron chi connectivity index (χ4n) is 3.20. The van der Waals surface area contributed by atoms with Gasteiger partial charge in [0.1, 0.15) is 0 Å². The van der Waals surface area contributed by atoms with Gasteiger partial charge in [0.25, 0.3) is 5.91 Å². The minimum Gasteiger partial charge on any atom is -0.454 e. The molecule has 160 valence electrons. The van der Waals surface area contributed by atoms with Gasteiger partial charge in [0.05, 0.1) is 4.90 Å². The molecule has 0 aliphatic carbocycles. The van der Waals surface area contributed by atoms with Gasteiger partial charge < -0.3 is 14.8 Å². The summed E-state index contributed by atoms with van der Waals surface area (Å²) in [5.74, 6) is 0.961. The topological polar surface area (TPSA) is 93.7 Å².